The Labute approximate surface area is 207 Å². The molecule has 0 aliphatic heterocycles. The number of pyridine rings is 2. The van der Waals surface area contributed by atoms with Gasteiger partial charge >= 0.3 is 0 Å². The lowest BCUT2D eigenvalue weighted by molar-refractivity contribution is -0.116. The number of hydrogen-bond acceptors (Lipinski definition) is 7. The molecule has 0 atom stereocenters. The van der Waals surface area contributed by atoms with Gasteiger partial charge in [0.15, 0.2) is 0 Å². The summed E-state index contributed by atoms with van der Waals surface area (Å²) in [6.07, 6.45) is 1.37. The van der Waals surface area contributed by atoms with Gasteiger partial charge in [-0.3, -0.25) is 14.4 Å². The summed E-state index contributed by atoms with van der Waals surface area (Å²) in [6.45, 7) is 1.57. The van der Waals surface area contributed by atoms with Gasteiger partial charge < -0.3 is 24.1 Å². The Balaban J connectivity index is 1.78. The summed E-state index contributed by atoms with van der Waals surface area (Å²) in [6, 6.07) is 15.0. The Morgan fingerprint density at radius 3 is 2.39 bits per heavy atom. The standard InChI is InChI=1S/C27H25N3O6/c1-16-9-11-19-26(33)20(25(32)18-7-5-6-8-22(18)35-3)14-30(27(19)28-16)15-24(31)29-21-13-17(34-2)10-12-23(21)36-4/h5-14H,15H2,1-4H3,(H,29,31). The molecule has 184 valence electrons. The van der Waals surface area contributed by atoms with Crippen LogP contribution in [0.1, 0.15) is 21.6 Å². The molecule has 2 aromatic heterocycles. The third kappa shape index (κ3) is 4.76. The average Bonchev–Trinajstić information content (AvgIpc) is 2.89. The molecule has 36 heavy (non-hydrogen) atoms. The quantitative estimate of drug-likeness (QED) is 0.378. The van der Waals surface area contributed by atoms with Crippen LogP contribution in [0.5, 0.6) is 17.2 Å². The highest BCUT2D eigenvalue weighted by molar-refractivity contribution is 6.11. The van der Waals surface area contributed by atoms with E-state index in [9.17, 15) is 14.4 Å². The number of fused-ring (bicyclic) bond motifs is 1. The van der Waals surface area contributed by atoms with E-state index in [1.165, 1.54) is 32.1 Å². The first-order valence-electron chi connectivity index (χ1n) is 11.1. The zero-order valence-electron chi connectivity index (χ0n) is 20.3. The van der Waals surface area contributed by atoms with Crippen LogP contribution in [-0.2, 0) is 11.3 Å². The summed E-state index contributed by atoms with van der Waals surface area (Å²) in [5, 5.41) is 3.03. The maximum absolute atomic E-state index is 13.4. The van der Waals surface area contributed by atoms with Gasteiger partial charge in [-0.2, -0.15) is 0 Å². The number of amides is 1. The molecule has 0 aliphatic carbocycles. The van der Waals surface area contributed by atoms with Gasteiger partial charge in [0.05, 0.1) is 43.5 Å². The maximum Gasteiger partial charge on any atom is 0.244 e. The van der Waals surface area contributed by atoms with E-state index in [-0.39, 0.29) is 23.1 Å². The number of rotatable bonds is 8. The van der Waals surface area contributed by atoms with E-state index in [0.717, 1.165) is 0 Å². The van der Waals surface area contributed by atoms with Crippen molar-refractivity contribution >= 4 is 28.4 Å². The van der Waals surface area contributed by atoms with Crippen LogP contribution in [0.15, 0.2) is 65.6 Å². The lowest BCUT2D eigenvalue weighted by atomic mass is 10.0. The number of hydrogen-bond donors (Lipinski definition) is 1. The molecule has 1 N–H and O–H groups in total. The normalized spacial score (nSPS) is 10.7. The van der Waals surface area contributed by atoms with E-state index < -0.39 is 17.1 Å². The zero-order valence-corrected chi connectivity index (χ0v) is 20.3. The minimum atomic E-state index is -0.511. The minimum Gasteiger partial charge on any atom is -0.497 e. The predicted molar refractivity (Wildman–Crippen MR) is 135 cm³/mol. The number of ether oxygens (including phenoxy) is 3. The van der Waals surface area contributed by atoms with E-state index in [1.54, 1.807) is 61.5 Å². The summed E-state index contributed by atoms with van der Waals surface area (Å²) in [4.78, 5) is 44.2. The fraction of sp³-hybridized carbons (Fsp3) is 0.185. The number of nitrogens with one attached hydrogen (secondary N) is 1. The second-order valence-electron chi connectivity index (χ2n) is 7.97. The highest BCUT2D eigenvalue weighted by atomic mass is 16.5. The molecule has 9 nitrogen and oxygen atoms in total. The molecule has 0 fully saturated rings. The van der Waals surface area contributed by atoms with Crippen molar-refractivity contribution in [3.63, 3.8) is 0 Å². The predicted octanol–water partition coefficient (Wildman–Crippen LogP) is 3.60. The van der Waals surface area contributed by atoms with Crippen LogP contribution < -0.4 is 25.0 Å². The smallest absolute Gasteiger partial charge is 0.244 e. The van der Waals surface area contributed by atoms with Gasteiger partial charge in [0.1, 0.15) is 29.4 Å². The fourth-order valence-electron chi connectivity index (χ4n) is 3.88. The summed E-state index contributed by atoms with van der Waals surface area (Å²) in [7, 11) is 4.47. The number of nitrogens with zero attached hydrogens (tertiary/aromatic N) is 2. The number of carbonyl (C=O) groups is 2. The molecular weight excluding hydrogens is 462 g/mol. The molecule has 0 spiro atoms. The summed E-state index contributed by atoms with van der Waals surface area (Å²) in [5.74, 6) is 0.421. The molecule has 0 aliphatic rings. The van der Waals surface area contributed by atoms with E-state index in [2.05, 4.69) is 10.3 Å². The summed E-state index contributed by atoms with van der Waals surface area (Å²) >= 11 is 0. The number of benzene rings is 2. The molecule has 0 saturated heterocycles. The van der Waals surface area contributed by atoms with Crippen molar-refractivity contribution in [3.05, 3.63) is 87.8 Å². The number of aromatic nitrogens is 2. The molecule has 4 rings (SSSR count). The molecule has 0 saturated carbocycles. The van der Waals surface area contributed by atoms with E-state index in [4.69, 9.17) is 14.2 Å². The lowest BCUT2D eigenvalue weighted by Crippen LogP contribution is -2.25. The fourth-order valence-corrected chi connectivity index (χ4v) is 3.88. The highest BCUT2D eigenvalue weighted by Gasteiger charge is 2.21. The molecule has 2 heterocycles. The Hall–Kier alpha value is -4.66. The first-order chi connectivity index (χ1) is 17.4. The van der Waals surface area contributed by atoms with Gasteiger partial charge in [-0.25, -0.2) is 4.98 Å². The van der Waals surface area contributed by atoms with Gasteiger partial charge in [0, 0.05) is 18.0 Å². The highest BCUT2D eigenvalue weighted by Crippen LogP contribution is 2.29. The Morgan fingerprint density at radius 1 is 0.917 bits per heavy atom. The minimum absolute atomic E-state index is 0.0931. The second kappa shape index (κ2) is 10.3. The van der Waals surface area contributed by atoms with Crippen LogP contribution in [0.4, 0.5) is 5.69 Å². The molecule has 0 radical (unpaired) electrons. The van der Waals surface area contributed by atoms with Crippen LogP contribution in [0.25, 0.3) is 11.0 Å². The summed E-state index contributed by atoms with van der Waals surface area (Å²) in [5.41, 5.74) is 1.05. The molecule has 9 heteroatoms. The number of para-hydroxylation sites is 1. The first-order valence-corrected chi connectivity index (χ1v) is 11.1. The van der Waals surface area contributed by atoms with Crippen LogP contribution in [0.2, 0.25) is 0 Å². The van der Waals surface area contributed by atoms with Crippen molar-refractivity contribution in [1.82, 2.24) is 9.55 Å². The second-order valence-corrected chi connectivity index (χ2v) is 7.97. The Morgan fingerprint density at radius 2 is 1.67 bits per heavy atom. The third-order valence-electron chi connectivity index (χ3n) is 5.65. The van der Waals surface area contributed by atoms with Crippen molar-refractivity contribution < 1.29 is 23.8 Å². The van der Waals surface area contributed by atoms with Crippen LogP contribution in [0.3, 0.4) is 0 Å². The van der Waals surface area contributed by atoms with Crippen LogP contribution in [-0.4, -0.2) is 42.6 Å². The van der Waals surface area contributed by atoms with Gasteiger partial charge in [-0.15, -0.1) is 0 Å². The molecule has 0 bridgehead atoms. The zero-order chi connectivity index (χ0) is 25.8. The number of anilines is 1. The average molecular weight is 488 g/mol. The SMILES string of the molecule is COc1ccc(OC)c(NC(=O)Cn2cc(C(=O)c3ccccc3OC)c(=O)c3ccc(C)nc32)c1. The molecular formula is C27H25N3O6. The topological polar surface area (TPSA) is 109 Å². The lowest BCUT2D eigenvalue weighted by Gasteiger charge is -2.15. The van der Waals surface area contributed by atoms with E-state index in [1.807, 2.05) is 0 Å². The van der Waals surface area contributed by atoms with Crippen molar-refractivity contribution in [3.8, 4) is 17.2 Å². The van der Waals surface area contributed by atoms with Crippen molar-refractivity contribution in [2.45, 2.75) is 13.5 Å². The molecule has 2 aromatic carbocycles. The van der Waals surface area contributed by atoms with Crippen LogP contribution >= 0.6 is 0 Å². The van der Waals surface area contributed by atoms with Crippen LogP contribution in [0, 0.1) is 6.92 Å². The summed E-state index contributed by atoms with van der Waals surface area (Å²) < 4.78 is 17.4. The van der Waals surface area contributed by atoms with Gasteiger partial charge in [-0.05, 0) is 43.3 Å². The van der Waals surface area contributed by atoms with Crippen molar-refractivity contribution in [2.75, 3.05) is 26.6 Å². The van der Waals surface area contributed by atoms with Gasteiger partial charge in [0.25, 0.3) is 0 Å². The molecule has 1 amide bonds. The largest absolute Gasteiger partial charge is 0.497 e. The monoisotopic (exact) mass is 487 g/mol. The number of aryl methyl sites for hydroxylation is 1. The first kappa shape index (κ1) is 24.5. The molecule has 0 unspecified atom stereocenters. The van der Waals surface area contributed by atoms with Gasteiger partial charge in [0.2, 0.25) is 17.1 Å². The number of ketones is 1. The van der Waals surface area contributed by atoms with Crippen molar-refractivity contribution in [1.29, 1.82) is 0 Å². The van der Waals surface area contributed by atoms with E-state index in [0.29, 0.717) is 34.3 Å². The number of methoxy groups -OCH3 is 3. The van der Waals surface area contributed by atoms with Gasteiger partial charge in [-0.1, -0.05) is 12.1 Å². The van der Waals surface area contributed by atoms with Crippen molar-refractivity contribution in [2.24, 2.45) is 0 Å². The number of carbonyl (C=O) groups excluding carboxylic acids is 2. The third-order valence-corrected chi connectivity index (χ3v) is 5.65. The Bertz CT molecular complexity index is 1530. The maximum atomic E-state index is 13.4. The Kier molecular flexibility index (Phi) is 7.00. The molecule has 4 aromatic rings. The van der Waals surface area contributed by atoms with E-state index >= 15 is 0 Å².